The average molecular weight is 313 g/mol. The van der Waals surface area contributed by atoms with E-state index in [-0.39, 0.29) is 0 Å². The molecule has 0 unspecified atom stereocenters. The molecule has 0 aliphatic rings. The summed E-state index contributed by atoms with van der Waals surface area (Å²) in [6, 6.07) is 28.2. The van der Waals surface area contributed by atoms with Crippen LogP contribution < -0.4 is 0 Å². The lowest BCUT2D eigenvalue weighted by Crippen LogP contribution is -2.02. The van der Waals surface area contributed by atoms with E-state index in [1.165, 1.54) is 0 Å². The third-order valence-corrected chi connectivity index (χ3v) is 3.63. The Hall–Kier alpha value is -3.13. The summed E-state index contributed by atoms with van der Waals surface area (Å²) in [5, 5.41) is 0. The maximum atomic E-state index is 5.48. The van der Waals surface area contributed by atoms with Gasteiger partial charge in [0.15, 0.2) is 0 Å². The molecule has 3 aromatic carbocycles. The minimum atomic E-state index is 0.608. The number of nitrogens with zero attached hydrogens (tertiary/aromatic N) is 1. The lowest BCUT2D eigenvalue weighted by atomic mass is 10.1. The van der Waals surface area contributed by atoms with Crippen molar-refractivity contribution in [1.82, 2.24) is 0 Å². The van der Waals surface area contributed by atoms with E-state index in [1.807, 2.05) is 66.7 Å². The summed E-state index contributed by atoms with van der Waals surface area (Å²) in [6.07, 6.45) is 4.16. The average Bonchev–Trinajstić information content (AvgIpc) is 2.66. The maximum absolute atomic E-state index is 5.48. The molecule has 0 heterocycles. The molecule has 0 fully saturated rings. The second-order valence-electron chi connectivity index (χ2n) is 5.29. The van der Waals surface area contributed by atoms with Crippen LogP contribution in [0.3, 0.4) is 0 Å². The molecule has 24 heavy (non-hydrogen) atoms. The SMILES string of the molecule is COC(=Nc1ccccc1C=Cc1ccccc1)c1ccccc1. The van der Waals surface area contributed by atoms with Gasteiger partial charge in [-0.1, -0.05) is 78.9 Å². The monoisotopic (exact) mass is 313 g/mol. The molecule has 118 valence electrons. The first-order valence-corrected chi connectivity index (χ1v) is 7.87. The number of hydrogen-bond acceptors (Lipinski definition) is 2. The van der Waals surface area contributed by atoms with Crippen LogP contribution in [0.15, 0.2) is 89.9 Å². The van der Waals surface area contributed by atoms with Crippen molar-refractivity contribution in [3.8, 4) is 0 Å². The fourth-order valence-electron chi connectivity index (χ4n) is 2.40. The smallest absolute Gasteiger partial charge is 0.221 e. The van der Waals surface area contributed by atoms with E-state index in [4.69, 9.17) is 9.73 Å². The topological polar surface area (TPSA) is 21.6 Å². The lowest BCUT2D eigenvalue weighted by Gasteiger charge is -2.07. The Bertz CT molecular complexity index is 836. The molecular weight excluding hydrogens is 294 g/mol. The standard InChI is InChI=1S/C22H19NO/c1-24-22(20-13-6-3-7-14-20)23-21-15-9-8-12-19(21)17-16-18-10-4-2-5-11-18/h2-17H,1H3. The summed E-state index contributed by atoms with van der Waals surface area (Å²) in [6.45, 7) is 0. The highest BCUT2D eigenvalue weighted by Crippen LogP contribution is 2.22. The molecule has 0 aliphatic heterocycles. The van der Waals surface area contributed by atoms with Crippen molar-refractivity contribution in [3.63, 3.8) is 0 Å². The van der Waals surface area contributed by atoms with Crippen molar-refractivity contribution in [1.29, 1.82) is 0 Å². The molecule has 0 aromatic heterocycles. The van der Waals surface area contributed by atoms with Crippen LogP contribution in [0.2, 0.25) is 0 Å². The van der Waals surface area contributed by atoms with Gasteiger partial charge in [0.2, 0.25) is 5.90 Å². The normalized spacial score (nSPS) is 11.6. The molecule has 0 saturated carbocycles. The van der Waals surface area contributed by atoms with E-state index < -0.39 is 0 Å². The van der Waals surface area contributed by atoms with Crippen molar-refractivity contribution >= 4 is 23.7 Å². The van der Waals surface area contributed by atoms with Gasteiger partial charge in [0.1, 0.15) is 0 Å². The predicted molar refractivity (Wildman–Crippen MR) is 101 cm³/mol. The first-order valence-electron chi connectivity index (χ1n) is 7.87. The molecule has 0 spiro atoms. The second kappa shape index (κ2) is 7.93. The van der Waals surface area contributed by atoms with Crippen molar-refractivity contribution < 1.29 is 4.74 Å². The quantitative estimate of drug-likeness (QED) is 0.350. The minimum Gasteiger partial charge on any atom is -0.481 e. The summed E-state index contributed by atoms with van der Waals surface area (Å²) in [7, 11) is 1.65. The zero-order valence-corrected chi connectivity index (χ0v) is 13.6. The first-order chi connectivity index (χ1) is 11.9. The molecule has 0 N–H and O–H groups in total. The Morgan fingerprint density at radius 1 is 0.750 bits per heavy atom. The Kier molecular flexibility index (Phi) is 5.21. The highest BCUT2D eigenvalue weighted by molar-refractivity contribution is 5.96. The van der Waals surface area contributed by atoms with Crippen LogP contribution in [-0.2, 0) is 4.74 Å². The van der Waals surface area contributed by atoms with E-state index in [0.717, 1.165) is 22.4 Å². The molecular formula is C22H19NO. The maximum Gasteiger partial charge on any atom is 0.221 e. The molecule has 3 aromatic rings. The summed E-state index contributed by atoms with van der Waals surface area (Å²) >= 11 is 0. The number of rotatable bonds is 4. The van der Waals surface area contributed by atoms with Gasteiger partial charge < -0.3 is 4.74 Å². The molecule has 2 nitrogen and oxygen atoms in total. The fourth-order valence-corrected chi connectivity index (χ4v) is 2.40. The van der Waals surface area contributed by atoms with Gasteiger partial charge in [-0.15, -0.1) is 0 Å². The summed E-state index contributed by atoms with van der Waals surface area (Å²) in [5.41, 5.74) is 4.05. The van der Waals surface area contributed by atoms with Crippen LogP contribution >= 0.6 is 0 Å². The summed E-state index contributed by atoms with van der Waals surface area (Å²) in [5.74, 6) is 0.608. The fraction of sp³-hybridized carbons (Fsp3) is 0.0455. The molecule has 0 bridgehead atoms. The zero-order valence-electron chi connectivity index (χ0n) is 13.6. The van der Waals surface area contributed by atoms with Crippen LogP contribution in [0.5, 0.6) is 0 Å². The second-order valence-corrected chi connectivity index (χ2v) is 5.29. The van der Waals surface area contributed by atoms with Crippen LogP contribution in [0.1, 0.15) is 16.7 Å². The van der Waals surface area contributed by atoms with E-state index in [2.05, 4.69) is 30.4 Å². The Balaban J connectivity index is 1.94. The van der Waals surface area contributed by atoms with E-state index in [1.54, 1.807) is 7.11 Å². The van der Waals surface area contributed by atoms with Gasteiger partial charge in [0.05, 0.1) is 12.8 Å². The van der Waals surface area contributed by atoms with Crippen molar-refractivity contribution in [2.24, 2.45) is 4.99 Å². The molecule has 0 atom stereocenters. The number of methoxy groups -OCH3 is 1. The third-order valence-electron chi connectivity index (χ3n) is 3.63. The molecule has 3 rings (SSSR count). The van der Waals surface area contributed by atoms with Crippen molar-refractivity contribution in [3.05, 3.63) is 102 Å². The van der Waals surface area contributed by atoms with Crippen molar-refractivity contribution in [2.45, 2.75) is 0 Å². The molecule has 0 saturated heterocycles. The van der Waals surface area contributed by atoms with Gasteiger partial charge in [-0.25, -0.2) is 4.99 Å². The van der Waals surface area contributed by atoms with Crippen LogP contribution in [0, 0.1) is 0 Å². The van der Waals surface area contributed by atoms with Gasteiger partial charge in [-0.2, -0.15) is 0 Å². The van der Waals surface area contributed by atoms with Gasteiger partial charge >= 0.3 is 0 Å². The predicted octanol–water partition coefficient (Wildman–Crippen LogP) is 5.58. The van der Waals surface area contributed by atoms with Gasteiger partial charge in [-0.05, 0) is 23.8 Å². The molecule has 2 heteroatoms. The van der Waals surface area contributed by atoms with Crippen LogP contribution in [0.25, 0.3) is 12.2 Å². The Morgan fingerprint density at radius 3 is 2.08 bits per heavy atom. The highest BCUT2D eigenvalue weighted by atomic mass is 16.5. The van der Waals surface area contributed by atoms with E-state index in [9.17, 15) is 0 Å². The number of benzene rings is 3. The molecule has 0 aliphatic carbocycles. The minimum absolute atomic E-state index is 0.608. The van der Waals surface area contributed by atoms with Gasteiger partial charge in [0.25, 0.3) is 0 Å². The van der Waals surface area contributed by atoms with Crippen molar-refractivity contribution in [2.75, 3.05) is 7.11 Å². The summed E-state index contributed by atoms with van der Waals surface area (Å²) in [4.78, 5) is 4.70. The largest absolute Gasteiger partial charge is 0.481 e. The lowest BCUT2D eigenvalue weighted by molar-refractivity contribution is 0.405. The van der Waals surface area contributed by atoms with E-state index >= 15 is 0 Å². The van der Waals surface area contributed by atoms with Crippen LogP contribution in [0.4, 0.5) is 5.69 Å². The van der Waals surface area contributed by atoms with Gasteiger partial charge in [0, 0.05) is 11.1 Å². The number of ether oxygens (including phenoxy) is 1. The summed E-state index contributed by atoms with van der Waals surface area (Å²) < 4.78 is 5.48. The first kappa shape index (κ1) is 15.8. The highest BCUT2D eigenvalue weighted by Gasteiger charge is 2.04. The van der Waals surface area contributed by atoms with E-state index in [0.29, 0.717) is 5.90 Å². The Labute approximate surface area is 142 Å². The zero-order chi connectivity index (χ0) is 16.6. The number of hydrogen-bond donors (Lipinski definition) is 0. The number of aliphatic imine (C=N–C) groups is 1. The third kappa shape index (κ3) is 3.99. The molecule has 0 radical (unpaired) electrons. The van der Waals surface area contributed by atoms with Crippen LogP contribution in [-0.4, -0.2) is 13.0 Å². The number of para-hydroxylation sites is 1. The van der Waals surface area contributed by atoms with Gasteiger partial charge in [-0.3, -0.25) is 0 Å². The Morgan fingerprint density at radius 2 is 1.38 bits per heavy atom. The molecule has 0 amide bonds.